The largest absolute Gasteiger partial charge is 0.345 e. The van der Waals surface area contributed by atoms with Crippen molar-refractivity contribution in [3.8, 4) is 0 Å². The fraction of sp³-hybridized carbons (Fsp3) is 0.368. The molecule has 1 saturated heterocycles. The molecule has 0 aliphatic carbocycles. The molecule has 1 N–H and O–H groups in total. The Morgan fingerprint density at radius 3 is 2.93 bits per heavy atom. The fourth-order valence-corrected chi connectivity index (χ4v) is 4.07. The van der Waals surface area contributed by atoms with Crippen LogP contribution in [0.5, 0.6) is 0 Å². The molecule has 2 atom stereocenters. The second-order valence-electron chi connectivity index (χ2n) is 7.37. The van der Waals surface area contributed by atoms with Gasteiger partial charge in [0.25, 0.3) is 5.91 Å². The number of rotatable bonds is 2. The molecule has 0 radical (unpaired) electrons. The molecule has 4 aromatic heterocycles. The first-order valence-corrected chi connectivity index (χ1v) is 9.19. The van der Waals surface area contributed by atoms with E-state index in [1.54, 1.807) is 17.1 Å². The molecule has 0 unspecified atom stereocenters. The van der Waals surface area contributed by atoms with Gasteiger partial charge in [-0.1, -0.05) is 6.92 Å². The standard InChI is InChI=1S/C19H21N7O/c1-12-4-6-25(19(27)13-7-23-24(2)10-13)11-15(12)18-22-9-14-8-21-17-16(26(14)18)3-5-20-17/h3,5,7-10,12,15,20H,4,6,11H2,1-2H3/t12-,15+/m0/s1. The van der Waals surface area contributed by atoms with Gasteiger partial charge in [0.05, 0.1) is 35.2 Å². The number of hydrogen-bond acceptors (Lipinski definition) is 4. The maximum atomic E-state index is 12.9. The number of aromatic nitrogens is 6. The minimum atomic E-state index is 0.0364. The number of fused-ring (bicyclic) bond motifs is 3. The van der Waals surface area contributed by atoms with Crippen LogP contribution in [0.1, 0.15) is 35.4 Å². The summed E-state index contributed by atoms with van der Waals surface area (Å²) in [5, 5.41) is 4.13. The number of aryl methyl sites for hydroxylation is 1. The van der Waals surface area contributed by atoms with Crippen LogP contribution < -0.4 is 0 Å². The second-order valence-corrected chi connectivity index (χ2v) is 7.37. The number of nitrogens with zero attached hydrogens (tertiary/aromatic N) is 6. The number of nitrogens with one attached hydrogen (secondary N) is 1. The molecule has 8 heteroatoms. The third-order valence-electron chi connectivity index (χ3n) is 5.62. The van der Waals surface area contributed by atoms with Gasteiger partial charge in [-0.3, -0.25) is 13.9 Å². The molecule has 138 valence electrons. The number of hydrogen-bond donors (Lipinski definition) is 1. The normalized spacial score (nSPS) is 20.6. The van der Waals surface area contributed by atoms with Gasteiger partial charge in [-0.25, -0.2) is 9.97 Å². The highest BCUT2D eigenvalue weighted by Gasteiger charge is 2.33. The van der Waals surface area contributed by atoms with Crippen molar-refractivity contribution >= 4 is 22.6 Å². The number of amides is 1. The van der Waals surface area contributed by atoms with E-state index < -0.39 is 0 Å². The van der Waals surface area contributed by atoms with E-state index in [4.69, 9.17) is 4.98 Å². The van der Waals surface area contributed by atoms with Crippen LogP contribution in [-0.2, 0) is 7.05 Å². The molecule has 1 aliphatic heterocycles. The lowest BCUT2D eigenvalue weighted by Crippen LogP contribution is -2.42. The Morgan fingerprint density at radius 1 is 1.26 bits per heavy atom. The zero-order valence-electron chi connectivity index (χ0n) is 15.3. The van der Waals surface area contributed by atoms with E-state index in [1.807, 2.05) is 36.6 Å². The van der Waals surface area contributed by atoms with Crippen molar-refractivity contribution in [2.75, 3.05) is 13.1 Å². The SMILES string of the molecule is C[C@H]1CCN(C(=O)c2cnn(C)c2)C[C@H]1c1ncc2cnc3[nH]ccc3n12. The van der Waals surface area contributed by atoms with E-state index in [1.165, 1.54) is 0 Å². The number of imidazole rings is 1. The summed E-state index contributed by atoms with van der Waals surface area (Å²) in [6.07, 6.45) is 9.95. The van der Waals surface area contributed by atoms with Gasteiger partial charge in [-0.15, -0.1) is 0 Å². The number of carbonyl (C=O) groups excluding carboxylic acids is 1. The first kappa shape index (κ1) is 16.0. The van der Waals surface area contributed by atoms with Crippen LogP contribution in [-0.4, -0.2) is 53.0 Å². The van der Waals surface area contributed by atoms with Crippen LogP contribution in [0, 0.1) is 5.92 Å². The lowest BCUT2D eigenvalue weighted by atomic mass is 9.86. The molecule has 27 heavy (non-hydrogen) atoms. The van der Waals surface area contributed by atoms with Crippen molar-refractivity contribution in [1.82, 2.24) is 34.0 Å². The minimum absolute atomic E-state index is 0.0364. The fourth-order valence-electron chi connectivity index (χ4n) is 4.07. The molecule has 5 heterocycles. The highest BCUT2D eigenvalue weighted by Crippen LogP contribution is 2.33. The maximum absolute atomic E-state index is 12.9. The summed E-state index contributed by atoms with van der Waals surface area (Å²) in [6, 6.07) is 2.02. The van der Waals surface area contributed by atoms with Gasteiger partial charge in [-0.2, -0.15) is 5.10 Å². The van der Waals surface area contributed by atoms with Crippen LogP contribution in [0.25, 0.3) is 16.7 Å². The summed E-state index contributed by atoms with van der Waals surface area (Å²) in [5.74, 6) is 1.64. The molecule has 5 rings (SSSR count). The van der Waals surface area contributed by atoms with Crippen molar-refractivity contribution in [2.45, 2.75) is 19.3 Å². The van der Waals surface area contributed by atoms with Gasteiger partial charge in [0, 0.05) is 38.4 Å². The maximum Gasteiger partial charge on any atom is 0.257 e. The summed E-state index contributed by atoms with van der Waals surface area (Å²) in [6.45, 7) is 3.66. The predicted octanol–water partition coefficient (Wildman–Crippen LogP) is 2.21. The Labute approximate surface area is 155 Å². The van der Waals surface area contributed by atoms with Gasteiger partial charge >= 0.3 is 0 Å². The molecule has 4 aromatic rings. The average Bonchev–Trinajstić information content (AvgIpc) is 3.39. The van der Waals surface area contributed by atoms with Crippen molar-refractivity contribution in [2.24, 2.45) is 13.0 Å². The van der Waals surface area contributed by atoms with Crippen LogP contribution in [0.4, 0.5) is 0 Å². The van der Waals surface area contributed by atoms with E-state index in [-0.39, 0.29) is 11.8 Å². The molecular weight excluding hydrogens is 342 g/mol. The average molecular weight is 363 g/mol. The number of aromatic amines is 1. The van der Waals surface area contributed by atoms with Crippen LogP contribution in [0.3, 0.4) is 0 Å². The summed E-state index contributed by atoms with van der Waals surface area (Å²) >= 11 is 0. The second kappa shape index (κ2) is 5.94. The smallest absolute Gasteiger partial charge is 0.257 e. The van der Waals surface area contributed by atoms with Crippen molar-refractivity contribution in [1.29, 1.82) is 0 Å². The Morgan fingerprint density at radius 2 is 2.11 bits per heavy atom. The summed E-state index contributed by atoms with van der Waals surface area (Å²) in [4.78, 5) is 27.2. The third kappa shape index (κ3) is 2.51. The number of likely N-dealkylation sites (tertiary alicyclic amines) is 1. The topological polar surface area (TPSA) is 84.1 Å². The zero-order valence-corrected chi connectivity index (χ0v) is 15.3. The van der Waals surface area contributed by atoms with E-state index in [0.717, 1.165) is 35.5 Å². The van der Waals surface area contributed by atoms with Crippen molar-refractivity contribution in [3.63, 3.8) is 0 Å². The summed E-state index contributed by atoms with van der Waals surface area (Å²) in [5.41, 5.74) is 3.47. The summed E-state index contributed by atoms with van der Waals surface area (Å²) < 4.78 is 3.83. The van der Waals surface area contributed by atoms with Gasteiger partial charge in [0.15, 0.2) is 5.65 Å². The number of carbonyl (C=O) groups is 1. The molecular formula is C19H21N7O. The van der Waals surface area contributed by atoms with Gasteiger partial charge in [-0.05, 0) is 18.4 Å². The molecule has 1 amide bonds. The predicted molar refractivity (Wildman–Crippen MR) is 100 cm³/mol. The van der Waals surface area contributed by atoms with Gasteiger partial charge in [0.2, 0.25) is 0 Å². The monoisotopic (exact) mass is 363 g/mol. The molecule has 8 nitrogen and oxygen atoms in total. The van der Waals surface area contributed by atoms with Crippen LogP contribution >= 0.6 is 0 Å². The van der Waals surface area contributed by atoms with E-state index in [0.29, 0.717) is 18.0 Å². The molecule has 0 spiro atoms. The number of piperidine rings is 1. The first-order valence-electron chi connectivity index (χ1n) is 9.19. The first-order chi connectivity index (χ1) is 13.1. The molecule has 1 fully saturated rings. The third-order valence-corrected chi connectivity index (χ3v) is 5.62. The Hall–Kier alpha value is -3.16. The highest BCUT2D eigenvalue weighted by molar-refractivity contribution is 5.93. The Bertz CT molecular complexity index is 1140. The Balaban J connectivity index is 1.53. The lowest BCUT2D eigenvalue weighted by Gasteiger charge is -2.36. The molecule has 0 bridgehead atoms. The van der Waals surface area contributed by atoms with Gasteiger partial charge in [0.1, 0.15) is 5.82 Å². The van der Waals surface area contributed by atoms with Crippen LogP contribution in [0.15, 0.2) is 37.1 Å². The lowest BCUT2D eigenvalue weighted by molar-refractivity contribution is 0.0665. The quantitative estimate of drug-likeness (QED) is 0.592. The van der Waals surface area contributed by atoms with Gasteiger partial charge < -0.3 is 9.88 Å². The van der Waals surface area contributed by atoms with E-state index >= 15 is 0 Å². The summed E-state index contributed by atoms with van der Waals surface area (Å²) in [7, 11) is 1.82. The number of H-pyrrole nitrogens is 1. The Kier molecular flexibility index (Phi) is 3.53. The highest BCUT2D eigenvalue weighted by atomic mass is 16.2. The van der Waals surface area contributed by atoms with E-state index in [9.17, 15) is 4.79 Å². The molecule has 0 aromatic carbocycles. The minimum Gasteiger partial charge on any atom is -0.345 e. The van der Waals surface area contributed by atoms with E-state index in [2.05, 4.69) is 26.4 Å². The molecule has 1 aliphatic rings. The van der Waals surface area contributed by atoms with Crippen molar-refractivity contribution < 1.29 is 4.79 Å². The van der Waals surface area contributed by atoms with Crippen molar-refractivity contribution in [3.05, 3.63) is 48.4 Å². The zero-order chi connectivity index (χ0) is 18.5. The molecule has 0 saturated carbocycles. The van der Waals surface area contributed by atoms with Crippen LogP contribution in [0.2, 0.25) is 0 Å².